The predicted octanol–water partition coefficient (Wildman–Crippen LogP) is 5.01. The molecule has 0 aliphatic carbocycles. The molecule has 0 aromatic heterocycles. The number of nitrogens with one attached hydrogen (secondary N) is 1. The first-order valence-corrected chi connectivity index (χ1v) is 10.7. The Morgan fingerprint density at radius 2 is 1.62 bits per heavy atom. The Labute approximate surface area is 177 Å². The second-order valence-electron chi connectivity index (χ2n) is 7.64. The molecule has 1 amide bonds. The van der Waals surface area contributed by atoms with Crippen molar-refractivity contribution in [1.29, 1.82) is 0 Å². The molecule has 2 aliphatic rings. The molecule has 2 fully saturated rings. The summed E-state index contributed by atoms with van der Waals surface area (Å²) >= 11 is 3.42. The van der Waals surface area contributed by atoms with Gasteiger partial charge < -0.3 is 15.0 Å². The summed E-state index contributed by atoms with van der Waals surface area (Å²) in [6, 6.07) is 10.0. The van der Waals surface area contributed by atoms with E-state index in [9.17, 15) is 13.6 Å². The average molecular weight is 465 g/mol. The number of anilines is 2. The van der Waals surface area contributed by atoms with Crippen LogP contribution in [0.2, 0.25) is 0 Å². The summed E-state index contributed by atoms with van der Waals surface area (Å²) in [5.41, 5.74) is 0.209. The number of ether oxygens (including phenoxy) is 1. The molecule has 4 nitrogen and oxygen atoms in total. The Bertz CT molecular complexity index is 869. The minimum Gasteiger partial charge on any atom is -0.381 e. The number of rotatable bonds is 4. The predicted molar refractivity (Wildman–Crippen MR) is 112 cm³/mol. The number of hydrogen-bond acceptors (Lipinski definition) is 3. The monoisotopic (exact) mass is 464 g/mol. The molecule has 7 heteroatoms. The van der Waals surface area contributed by atoms with Crippen LogP contribution < -0.4 is 10.2 Å². The van der Waals surface area contributed by atoms with E-state index in [1.54, 1.807) is 4.90 Å². The molecule has 29 heavy (non-hydrogen) atoms. The highest BCUT2D eigenvalue weighted by molar-refractivity contribution is 9.10. The van der Waals surface area contributed by atoms with Crippen molar-refractivity contribution in [3.63, 3.8) is 0 Å². The van der Waals surface area contributed by atoms with Crippen molar-refractivity contribution < 1.29 is 18.3 Å². The van der Waals surface area contributed by atoms with Crippen LogP contribution in [-0.2, 0) is 14.9 Å². The van der Waals surface area contributed by atoms with E-state index in [0.29, 0.717) is 39.1 Å². The minimum atomic E-state index is -0.792. The Kier molecular flexibility index (Phi) is 5.88. The van der Waals surface area contributed by atoms with Crippen LogP contribution in [-0.4, -0.2) is 32.2 Å². The lowest BCUT2D eigenvalue weighted by atomic mass is 9.73. The van der Waals surface area contributed by atoms with Crippen LogP contribution in [0.4, 0.5) is 20.2 Å². The van der Waals surface area contributed by atoms with E-state index in [1.807, 2.05) is 24.3 Å². The summed E-state index contributed by atoms with van der Waals surface area (Å²) in [4.78, 5) is 15.0. The maximum Gasteiger partial charge on any atom is 0.235 e. The molecule has 1 N–H and O–H groups in total. The highest BCUT2D eigenvalue weighted by Gasteiger charge is 2.42. The molecule has 2 aromatic rings. The molecule has 2 heterocycles. The average Bonchev–Trinajstić information content (AvgIpc) is 3.22. The molecule has 0 radical (unpaired) electrons. The van der Waals surface area contributed by atoms with Crippen LogP contribution in [0.3, 0.4) is 0 Å². The molecule has 0 bridgehead atoms. The third-order valence-electron chi connectivity index (χ3n) is 5.87. The number of carbonyl (C=O) groups is 1. The third-order valence-corrected chi connectivity index (χ3v) is 6.40. The summed E-state index contributed by atoms with van der Waals surface area (Å²) in [5.74, 6) is -1.56. The van der Waals surface area contributed by atoms with Gasteiger partial charge in [0.2, 0.25) is 5.91 Å². The molecule has 0 unspecified atom stereocenters. The van der Waals surface area contributed by atoms with Crippen LogP contribution in [0.5, 0.6) is 0 Å². The Morgan fingerprint density at radius 1 is 1.03 bits per heavy atom. The summed E-state index contributed by atoms with van der Waals surface area (Å²) in [6.45, 7) is 2.21. The van der Waals surface area contributed by atoms with Crippen molar-refractivity contribution >= 4 is 33.2 Å². The number of benzene rings is 2. The van der Waals surface area contributed by atoms with Crippen LogP contribution in [0.25, 0.3) is 0 Å². The summed E-state index contributed by atoms with van der Waals surface area (Å²) in [7, 11) is 0. The van der Waals surface area contributed by atoms with E-state index in [4.69, 9.17) is 4.74 Å². The molecule has 0 spiro atoms. The number of amides is 1. The number of halogens is 3. The van der Waals surface area contributed by atoms with Crippen LogP contribution in [0.15, 0.2) is 40.9 Å². The molecular formula is C22H23BrF2N2O2. The maximum absolute atomic E-state index is 14.7. The van der Waals surface area contributed by atoms with E-state index >= 15 is 0 Å². The fourth-order valence-corrected chi connectivity index (χ4v) is 4.53. The first-order chi connectivity index (χ1) is 14.0. The minimum absolute atomic E-state index is 0.00538. The summed E-state index contributed by atoms with van der Waals surface area (Å²) in [6.07, 6.45) is 2.87. The molecule has 4 rings (SSSR count). The van der Waals surface area contributed by atoms with Crippen LogP contribution in [0.1, 0.15) is 31.2 Å². The molecule has 0 atom stereocenters. The molecule has 0 saturated carbocycles. The maximum atomic E-state index is 14.7. The fraction of sp³-hybridized carbons (Fsp3) is 0.409. The van der Waals surface area contributed by atoms with Gasteiger partial charge in [-0.15, -0.1) is 0 Å². The lowest BCUT2D eigenvalue weighted by Gasteiger charge is -2.36. The van der Waals surface area contributed by atoms with Gasteiger partial charge in [-0.25, -0.2) is 8.78 Å². The van der Waals surface area contributed by atoms with Gasteiger partial charge >= 0.3 is 0 Å². The van der Waals surface area contributed by atoms with Gasteiger partial charge in [-0.2, -0.15) is 0 Å². The first-order valence-electron chi connectivity index (χ1n) is 9.89. The highest BCUT2D eigenvalue weighted by atomic mass is 79.9. The zero-order valence-electron chi connectivity index (χ0n) is 16.0. The fourth-order valence-electron chi connectivity index (χ4n) is 4.27. The van der Waals surface area contributed by atoms with E-state index < -0.39 is 17.0 Å². The van der Waals surface area contributed by atoms with Crippen molar-refractivity contribution in [1.82, 2.24) is 0 Å². The third kappa shape index (κ3) is 4.03. The summed E-state index contributed by atoms with van der Waals surface area (Å²) < 4.78 is 35.7. The van der Waals surface area contributed by atoms with Gasteiger partial charge in [0.05, 0.1) is 5.41 Å². The van der Waals surface area contributed by atoms with Gasteiger partial charge in [-0.1, -0.05) is 28.1 Å². The summed E-state index contributed by atoms with van der Waals surface area (Å²) in [5, 5.41) is 2.76. The standard InChI is InChI=1S/C22H23BrF2N2O2/c23-16-5-3-15(4-6-16)22(7-11-29-12-8-22)21(28)26-17-13-18(24)20(19(25)14-17)27-9-1-2-10-27/h3-6,13-14H,1-2,7-12H2,(H,26,28). The molecular weight excluding hydrogens is 442 g/mol. The van der Waals surface area contributed by atoms with Gasteiger partial charge in [0, 0.05) is 36.5 Å². The zero-order chi connectivity index (χ0) is 20.4. The van der Waals surface area contributed by atoms with E-state index in [2.05, 4.69) is 21.2 Å². The van der Waals surface area contributed by atoms with Crippen molar-refractivity contribution in [2.24, 2.45) is 0 Å². The Hall–Kier alpha value is -1.99. The number of hydrogen-bond donors (Lipinski definition) is 1. The normalized spacial score (nSPS) is 18.7. The smallest absolute Gasteiger partial charge is 0.235 e. The van der Waals surface area contributed by atoms with Gasteiger partial charge in [-0.05, 0) is 55.5 Å². The Morgan fingerprint density at radius 3 is 2.21 bits per heavy atom. The topological polar surface area (TPSA) is 41.6 Å². The largest absolute Gasteiger partial charge is 0.381 e. The second kappa shape index (κ2) is 8.40. The lowest BCUT2D eigenvalue weighted by Crippen LogP contribution is -2.44. The first kappa shape index (κ1) is 20.3. The van der Waals surface area contributed by atoms with Crippen molar-refractivity contribution in [2.45, 2.75) is 31.1 Å². The molecule has 2 aromatic carbocycles. The molecule has 2 saturated heterocycles. The quantitative estimate of drug-likeness (QED) is 0.690. The van der Waals surface area contributed by atoms with Crippen molar-refractivity contribution in [2.75, 3.05) is 36.5 Å². The van der Waals surface area contributed by atoms with E-state index in [1.165, 1.54) is 12.1 Å². The number of carbonyl (C=O) groups excluding carboxylic acids is 1. The SMILES string of the molecule is O=C(Nc1cc(F)c(N2CCCC2)c(F)c1)C1(c2ccc(Br)cc2)CCOCC1. The Balaban J connectivity index is 1.62. The number of nitrogens with zero attached hydrogens (tertiary/aromatic N) is 1. The van der Waals surface area contributed by atoms with Gasteiger partial charge in [0.25, 0.3) is 0 Å². The second-order valence-corrected chi connectivity index (χ2v) is 8.55. The van der Waals surface area contributed by atoms with E-state index in [-0.39, 0.29) is 17.3 Å². The highest BCUT2D eigenvalue weighted by Crippen LogP contribution is 2.37. The molecule has 154 valence electrons. The zero-order valence-corrected chi connectivity index (χ0v) is 17.6. The van der Waals surface area contributed by atoms with Crippen LogP contribution >= 0.6 is 15.9 Å². The van der Waals surface area contributed by atoms with Gasteiger partial charge in [0.15, 0.2) is 11.6 Å². The van der Waals surface area contributed by atoms with Crippen molar-refractivity contribution in [3.05, 3.63) is 58.1 Å². The van der Waals surface area contributed by atoms with Gasteiger partial charge in [-0.3, -0.25) is 4.79 Å². The molecule has 2 aliphatic heterocycles. The van der Waals surface area contributed by atoms with E-state index in [0.717, 1.165) is 22.9 Å². The van der Waals surface area contributed by atoms with Gasteiger partial charge in [0.1, 0.15) is 5.69 Å². The lowest BCUT2D eigenvalue weighted by molar-refractivity contribution is -0.125. The van der Waals surface area contributed by atoms with Crippen LogP contribution in [0, 0.1) is 11.6 Å². The van der Waals surface area contributed by atoms with Crippen molar-refractivity contribution in [3.8, 4) is 0 Å².